The first-order chi connectivity index (χ1) is 12.8. The number of aromatic nitrogens is 3. The van der Waals surface area contributed by atoms with E-state index in [0.717, 1.165) is 43.9 Å². The molecular weight excluding hydrogens is 330 g/mol. The van der Waals surface area contributed by atoms with Crippen LogP contribution in [0.5, 0.6) is 0 Å². The van der Waals surface area contributed by atoms with E-state index in [1.807, 2.05) is 21.7 Å². The van der Waals surface area contributed by atoms with Crippen LogP contribution >= 0.6 is 0 Å². The highest BCUT2D eigenvalue weighted by Crippen LogP contribution is 2.32. The molecule has 1 saturated carbocycles. The third kappa shape index (κ3) is 4.08. The van der Waals surface area contributed by atoms with Crippen LogP contribution in [0.2, 0.25) is 0 Å². The van der Waals surface area contributed by atoms with Crippen LogP contribution in [0.3, 0.4) is 0 Å². The molecule has 1 aliphatic carbocycles. The molecule has 1 saturated heterocycles. The minimum Gasteiger partial charge on any atom is -0.467 e. The van der Waals surface area contributed by atoms with Gasteiger partial charge >= 0.3 is 6.03 Å². The molecule has 1 N–H and O–H groups in total. The van der Waals surface area contributed by atoms with Crippen molar-refractivity contribution < 1.29 is 9.21 Å². The smallest absolute Gasteiger partial charge is 0.317 e. The minimum absolute atomic E-state index is 0.0101. The van der Waals surface area contributed by atoms with Gasteiger partial charge in [0.2, 0.25) is 0 Å². The van der Waals surface area contributed by atoms with Gasteiger partial charge < -0.3 is 14.6 Å². The second-order valence-corrected chi connectivity index (χ2v) is 7.52. The van der Waals surface area contributed by atoms with Crippen molar-refractivity contribution >= 4 is 6.03 Å². The normalized spacial score (nSPS) is 19.2. The largest absolute Gasteiger partial charge is 0.467 e. The van der Waals surface area contributed by atoms with Gasteiger partial charge in [0.15, 0.2) is 0 Å². The van der Waals surface area contributed by atoms with E-state index in [0.29, 0.717) is 18.4 Å². The Morgan fingerprint density at radius 3 is 2.77 bits per heavy atom. The summed E-state index contributed by atoms with van der Waals surface area (Å²) in [6.45, 7) is 2.92. The molecule has 7 heteroatoms. The molecule has 0 atom stereocenters. The summed E-state index contributed by atoms with van der Waals surface area (Å²) in [6, 6.07) is 3.68. The van der Waals surface area contributed by atoms with Crippen molar-refractivity contribution in [2.75, 3.05) is 13.1 Å². The van der Waals surface area contributed by atoms with Crippen molar-refractivity contribution in [3.05, 3.63) is 36.0 Å². The Hall–Kier alpha value is -2.31. The summed E-state index contributed by atoms with van der Waals surface area (Å²) in [5.74, 6) is 1.95. The number of nitrogens with one attached hydrogen (secondary N) is 1. The number of furan rings is 1. The number of amides is 2. The van der Waals surface area contributed by atoms with E-state index in [9.17, 15) is 4.79 Å². The van der Waals surface area contributed by atoms with E-state index in [-0.39, 0.29) is 6.03 Å². The summed E-state index contributed by atoms with van der Waals surface area (Å²) in [7, 11) is 0. The number of rotatable bonds is 5. The third-order valence-electron chi connectivity index (χ3n) is 5.67. The lowest BCUT2D eigenvalue weighted by molar-refractivity contribution is 0.163. The molecule has 4 rings (SSSR count). The van der Waals surface area contributed by atoms with Crippen LogP contribution in [0.1, 0.15) is 55.9 Å². The van der Waals surface area contributed by atoms with Crippen LogP contribution in [-0.4, -0.2) is 39.0 Å². The third-order valence-corrected chi connectivity index (χ3v) is 5.67. The summed E-state index contributed by atoms with van der Waals surface area (Å²) >= 11 is 0. The van der Waals surface area contributed by atoms with Gasteiger partial charge in [-0.1, -0.05) is 18.1 Å². The van der Waals surface area contributed by atoms with Crippen molar-refractivity contribution in [3.63, 3.8) is 0 Å². The Morgan fingerprint density at radius 2 is 2.04 bits per heavy atom. The maximum atomic E-state index is 12.3. The van der Waals surface area contributed by atoms with Crippen LogP contribution in [-0.2, 0) is 13.1 Å². The van der Waals surface area contributed by atoms with E-state index >= 15 is 0 Å². The number of urea groups is 1. The summed E-state index contributed by atoms with van der Waals surface area (Å²) in [4.78, 5) is 14.1. The summed E-state index contributed by atoms with van der Waals surface area (Å²) < 4.78 is 7.25. The highest BCUT2D eigenvalue weighted by atomic mass is 16.3. The van der Waals surface area contributed by atoms with Crippen LogP contribution in [0, 0.1) is 5.92 Å². The maximum Gasteiger partial charge on any atom is 0.317 e. The number of likely N-dealkylation sites (tertiary alicyclic amines) is 1. The van der Waals surface area contributed by atoms with Gasteiger partial charge in [0.1, 0.15) is 5.76 Å². The molecule has 0 unspecified atom stereocenters. The van der Waals surface area contributed by atoms with Crippen LogP contribution in [0.4, 0.5) is 4.79 Å². The van der Waals surface area contributed by atoms with E-state index < -0.39 is 0 Å². The van der Waals surface area contributed by atoms with Gasteiger partial charge in [0.25, 0.3) is 0 Å². The zero-order valence-electron chi connectivity index (χ0n) is 15.1. The Bertz CT molecular complexity index is 697. The molecule has 3 heterocycles. The van der Waals surface area contributed by atoms with Gasteiger partial charge in [-0.2, -0.15) is 0 Å². The zero-order chi connectivity index (χ0) is 17.8. The fraction of sp³-hybridized carbons (Fsp3) is 0.632. The van der Waals surface area contributed by atoms with E-state index in [1.54, 1.807) is 6.26 Å². The molecular formula is C19H27N5O2. The lowest BCUT2D eigenvalue weighted by Crippen LogP contribution is -2.44. The lowest BCUT2D eigenvalue weighted by atomic mass is 9.97. The Balaban J connectivity index is 1.21. The number of hydrogen-bond donors (Lipinski definition) is 1. The number of nitrogens with zero attached hydrogens (tertiary/aromatic N) is 4. The van der Waals surface area contributed by atoms with E-state index in [4.69, 9.17) is 4.42 Å². The maximum absolute atomic E-state index is 12.3. The number of piperidine rings is 1. The second-order valence-electron chi connectivity index (χ2n) is 7.52. The molecule has 0 bridgehead atoms. The molecule has 0 aromatic carbocycles. The van der Waals surface area contributed by atoms with Crippen molar-refractivity contribution in [2.24, 2.45) is 5.92 Å². The van der Waals surface area contributed by atoms with Gasteiger partial charge in [0.05, 0.1) is 18.5 Å². The van der Waals surface area contributed by atoms with Gasteiger partial charge in [-0.05, 0) is 43.7 Å². The summed E-state index contributed by atoms with van der Waals surface area (Å²) in [5, 5.41) is 11.6. The number of hydrogen-bond acceptors (Lipinski definition) is 4. The molecule has 2 aromatic heterocycles. The molecule has 0 radical (unpaired) electrons. The minimum atomic E-state index is -0.0101. The molecule has 0 spiro atoms. The van der Waals surface area contributed by atoms with Gasteiger partial charge in [-0.3, -0.25) is 4.68 Å². The first-order valence-corrected chi connectivity index (χ1v) is 9.73. The topological polar surface area (TPSA) is 76.2 Å². The Morgan fingerprint density at radius 1 is 1.23 bits per heavy atom. The highest BCUT2D eigenvalue weighted by Gasteiger charge is 2.24. The first-order valence-electron chi connectivity index (χ1n) is 9.73. The van der Waals surface area contributed by atoms with Crippen molar-refractivity contribution in [1.29, 1.82) is 0 Å². The van der Waals surface area contributed by atoms with Crippen molar-refractivity contribution in [1.82, 2.24) is 25.2 Å². The second kappa shape index (κ2) is 7.93. The van der Waals surface area contributed by atoms with Crippen molar-refractivity contribution in [2.45, 2.75) is 57.5 Å². The zero-order valence-corrected chi connectivity index (χ0v) is 15.1. The predicted molar refractivity (Wildman–Crippen MR) is 96.5 cm³/mol. The molecule has 2 fully saturated rings. The predicted octanol–water partition coefficient (Wildman–Crippen LogP) is 3.15. The molecule has 1 aliphatic heterocycles. The number of carbonyl (C=O) groups excluding carboxylic acids is 1. The summed E-state index contributed by atoms with van der Waals surface area (Å²) in [5.41, 5.74) is 1.16. The molecule has 2 amide bonds. The van der Waals surface area contributed by atoms with Gasteiger partial charge in [-0.25, -0.2) is 4.79 Å². The molecule has 7 nitrogen and oxygen atoms in total. The average Bonchev–Trinajstić information content (AvgIpc) is 3.41. The summed E-state index contributed by atoms with van der Waals surface area (Å²) in [6.07, 6.45) is 10.9. The number of carbonyl (C=O) groups is 1. The Kier molecular flexibility index (Phi) is 5.22. The van der Waals surface area contributed by atoms with Crippen LogP contribution in [0.25, 0.3) is 0 Å². The molecule has 2 aromatic rings. The van der Waals surface area contributed by atoms with E-state index in [2.05, 4.69) is 21.8 Å². The standard InChI is InChI=1S/C19H27N5O2/c25-19(20-12-17-6-3-11-26-17)23-9-7-15(8-10-23)13-24-14-18(21-22-24)16-4-1-2-5-16/h3,6,11,14-16H,1-2,4-5,7-10,12-13H2,(H,20,25). The monoisotopic (exact) mass is 357 g/mol. The molecule has 2 aliphatic rings. The SMILES string of the molecule is O=C(NCc1ccco1)N1CCC(Cn2cc(C3CCCC3)nn2)CC1. The van der Waals surface area contributed by atoms with Crippen molar-refractivity contribution in [3.8, 4) is 0 Å². The molecule has 26 heavy (non-hydrogen) atoms. The van der Waals surface area contributed by atoms with Gasteiger partial charge in [-0.15, -0.1) is 5.10 Å². The van der Waals surface area contributed by atoms with Crippen LogP contribution < -0.4 is 5.32 Å². The quantitative estimate of drug-likeness (QED) is 0.892. The fourth-order valence-corrected chi connectivity index (χ4v) is 4.08. The molecule has 140 valence electrons. The fourth-order valence-electron chi connectivity index (χ4n) is 4.08. The van der Waals surface area contributed by atoms with E-state index in [1.165, 1.54) is 25.7 Å². The first kappa shape index (κ1) is 17.1. The van der Waals surface area contributed by atoms with Gasteiger partial charge in [0, 0.05) is 31.7 Å². The average molecular weight is 357 g/mol. The van der Waals surface area contributed by atoms with Crippen LogP contribution in [0.15, 0.2) is 29.0 Å². The Labute approximate surface area is 153 Å². The lowest BCUT2D eigenvalue weighted by Gasteiger charge is -2.31. The highest BCUT2D eigenvalue weighted by molar-refractivity contribution is 5.74.